The number of urea groups is 1. The van der Waals surface area contributed by atoms with Gasteiger partial charge in [0, 0.05) is 81.4 Å². The number of carbonyl (C=O) groups excluding carboxylic acids is 5. The van der Waals surface area contributed by atoms with E-state index in [-0.39, 0.29) is 73.0 Å². The normalized spacial score (nSPS) is 18.5. The summed E-state index contributed by atoms with van der Waals surface area (Å²) >= 11 is 1.86. The number of halogens is 1. The van der Waals surface area contributed by atoms with Crippen molar-refractivity contribution in [1.82, 2.24) is 41.5 Å². The third-order valence-electron chi connectivity index (χ3n) is 11.0. The fourth-order valence-corrected chi connectivity index (χ4v) is 9.06. The molecule has 0 radical (unpaired) electrons. The molecule has 0 aliphatic carbocycles. The van der Waals surface area contributed by atoms with Gasteiger partial charge in [-0.1, -0.05) is 12.6 Å². The quantitative estimate of drug-likeness (QED) is 0.0336. The first-order chi connectivity index (χ1) is 33.2. The van der Waals surface area contributed by atoms with Crippen molar-refractivity contribution in [2.24, 2.45) is 0 Å². The van der Waals surface area contributed by atoms with Crippen molar-refractivity contribution < 1.29 is 56.8 Å². The van der Waals surface area contributed by atoms with Gasteiger partial charge in [-0.3, -0.25) is 19.2 Å². The number of thioether (sulfide) groups is 1. The second kappa shape index (κ2) is 31.0. The molecule has 22 heteroatoms. The van der Waals surface area contributed by atoms with E-state index in [1.54, 1.807) is 29.2 Å². The van der Waals surface area contributed by atoms with E-state index in [1.165, 1.54) is 6.08 Å². The van der Waals surface area contributed by atoms with Crippen molar-refractivity contribution in [3.8, 4) is 11.6 Å². The number of likely N-dealkylation sites (tertiary alicyclic amines) is 1. The molecule has 0 spiro atoms. The SMILES string of the molecule is C=CC(=O)N1CCC[C@H](Oc2nc(Nc3cccc(OCCOCCNC(=O)CCCC(=O)NCCCOCCOCCOCCCNC(=O)CCCC4SC[C@@H]5NC(=O)N[C@H]45)c3)ncc2F)C1. The summed E-state index contributed by atoms with van der Waals surface area (Å²) in [6, 6.07) is 7.36. The van der Waals surface area contributed by atoms with Crippen LogP contribution in [0.2, 0.25) is 0 Å². The van der Waals surface area contributed by atoms with Crippen molar-refractivity contribution in [2.75, 3.05) is 103 Å². The van der Waals surface area contributed by atoms with Gasteiger partial charge in [-0.15, -0.1) is 0 Å². The zero-order valence-corrected chi connectivity index (χ0v) is 39.6. The van der Waals surface area contributed by atoms with Gasteiger partial charge in [-0.25, -0.2) is 9.78 Å². The smallest absolute Gasteiger partial charge is 0.315 e. The molecule has 0 bridgehead atoms. The van der Waals surface area contributed by atoms with Gasteiger partial charge in [-0.05, 0) is 63.2 Å². The van der Waals surface area contributed by atoms with Crippen LogP contribution in [0.15, 0.2) is 43.1 Å². The molecular weight excluding hydrogens is 906 g/mol. The lowest BCUT2D eigenvalue weighted by Crippen LogP contribution is -2.43. The van der Waals surface area contributed by atoms with Gasteiger partial charge in [-0.2, -0.15) is 21.1 Å². The largest absolute Gasteiger partial charge is 0.491 e. The van der Waals surface area contributed by atoms with Crippen LogP contribution in [0.4, 0.5) is 20.8 Å². The van der Waals surface area contributed by atoms with Crippen molar-refractivity contribution in [3.63, 3.8) is 0 Å². The number of hydrogen-bond donors (Lipinski definition) is 6. The van der Waals surface area contributed by atoms with Gasteiger partial charge in [0.1, 0.15) is 18.5 Å². The van der Waals surface area contributed by atoms with E-state index in [2.05, 4.69) is 48.4 Å². The van der Waals surface area contributed by atoms with Crippen LogP contribution in [0.3, 0.4) is 0 Å². The summed E-state index contributed by atoms with van der Waals surface area (Å²) in [5.74, 6) is 0.275. The topological polar surface area (TPSA) is 242 Å². The van der Waals surface area contributed by atoms with E-state index >= 15 is 0 Å². The van der Waals surface area contributed by atoms with Gasteiger partial charge in [0.05, 0.1) is 64.5 Å². The number of fused-ring (bicyclic) bond motifs is 1. The van der Waals surface area contributed by atoms with Gasteiger partial charge in [0.2, 0.25) is 35.4 Å². The third-order valence-corrected chi connectivity index (χ3v) is 12.5. The van der Waals surface area contributed by atoms with E-state index in [0.717, 1.165) is 37.6 Å². The van der Waals surface area contributed by atoms with E-state index in [0.29, 0.717) is 128 Å². The average Bonchev–Trinajstić information content (AvgIpc) is 3.89. The molecule has 1 aromatic carbocycles. The Kier molecular flexibility index (Phi) is 24.4. The minimum atomic E-state index is -0.706. The molecule has 1 unspecified atom stereocenters. The highest BCUT2D eigenvalue weighted by Crippen LogP contribution is 2.33. The molecule has 0 saturated carbocycles. The highest BCUT2D eigenvalue weighted by molar-refractivity contribution is 8.00. The number of benzene rings is 1. The Morgan fingerprint density at radius 2 is 1.50 bits per heavy atom. The predicted octanol–water partition coefficient (Wildman–Crippen LogP) is 3.00. The Morgan fingerprint density at radius 1 is 0.838 bits per heavy atom. The molecule has 3 saturated heterocycles. The predicted molar refractivity (Wildman–Crippen MR) is 252 cm³/mol. The molecule has 2 aromatic rings. The highest BCUT2D eigenvalue weighted by atomic mass is 32.2. The molecule has 5 rings (SSSR count). The number of rotatable bonds is 34. The highest BCUT2D eigenvalue weighted by Gasteiger charge is 2.42. The Hall–Kier alpha value is -5.29. The van der Waals surface area contributed by atoms with Crippen LogP contribution in [-0.4, -0.2) is 166 Å². The number of ether oxygens (including phenoxy) is 6. The van der Waals surface area contributed by atoms with Crippen LogP contribution >= 0.6 is 11.8 Å². The number of aromatic nitrogens is 2. The fraction of sp³-hybridized carbons (Fsp3) is 0.630. The van der Waals surface area contributed by atoms with Crippen LogP contribution in [0.1, 0.15) is 64.2 Å². The number of carbonyl (C=O) groups is 5. The number of piperidine rings is 1. The van der Waals surface area contributed by atoms with Gasteiger partial charge in [0.15, 0.2) is 0 Å². The molecule has 376 valence electrons. The minimum absolute atomic E-state index is 0.0391. The molecule has 1 aromatic heterocycles. The lowest BCUT2D eigenvalue weighted by Gasteiger charge is -2.32. The van der Waals surface area contributed by atoms with Gasteiger partial charge < -0.3 is 65.2 Å². The van der Waals surface area contributed by atoms with E-state index in [1.807, 2.05) is 11.8 Å². The van der Waals surface area contributed by atoms with Gasteiger partial charge >= 0.3 is 6.03 Å². The van der Waals surface area contributed by atoms with Crippen LogP contribution in [0, 0.1) is 5.82 Å². The molecule has 3 aliphatic heterocycles. The molecule has 6 N–H and O–H groups in total. The van der Waals surface area contributed by atoms with Crippen LogP contribution in [-0.2, 0) is 38.1 Å². The summed E-state index contributed by atoms with van der Waals surface area (Å²) in [6.45, 7) is 9.45. The molecule has 20 nitrogen and oxygen atoms in total. The molecule has 4 atom stereocenters. The Balaban J connectivity index is 0.758. The first-order valence-corrected chi connectivity index (χ1v) is 24.6. The zero-order valence-electron chi connectivity index (χ0n) is 38.8. The second-order valence-corrected chi connectivity index (χ2v) is 17.6. The van der Waals surface area contributed by atoms with E-state index in [4.69, 9.17) is 28.4 Å². The molecule has 3 aliphatic rings. The van der Waals surface area contributed by atoms with Crippen LogP contribution < -0.4 is 41.4 Å². The van der Waals surface area contributed by atoms with E-state index < -0.39 is 11.9 Å². The molecule has 3 fully saturated rings. The average molecular weight is 974 g/mol. The minimum Gasteiger partial charge on any atom is -0.491 e. The number of amides is 6. The first kappa shape index (κ1) is 53.7. The number of nitrogens with one attached hydrogen (secondary N) is 6. The van der Waals surface area contributed by atoms with Crippen molar-refractivity contribution in [2.45, 2.75) is 87.6 Å². The fourth-order valence-electron chi connectivity index (χ4n) is 7.52. The van der Waals surface area contributed by atoms with Crippen molar-refractivity contribution in [3.05, 3.63) is 48.9 Å². The number of nitrogens with zero attached hydrogens (tertiary/aromatic N) is 3. The summed E-state index contributed by atoms with van der Waals surface area (Å²) in [5.41, 5.74) is 0.610. The Bertz CT molecular complexity index is 1910. The van der Waals surface area contributed by atoms with Crippen LogP contribution in [0.5, 0.6) is 11.6 Å². The molecular formula is C46H68FN9O11S. The summed E-state index contributed by atoms with van der Waals surface area (Å²) in [4.78, 5) is 69.8. The summed E-state index contributed by atoms with van der Waals surface area (Å²) in [6.07, 6.45) is 7.72. The standard InChI is InChI=1S/C46H68FN9O11S/c1-2-42(60)56-19-6-11-35(31-56)67-44-36(47)30-51-45(55-44)52-33-9-3-10-34(29-33)66-28-27-64-22-18-50-41(59)15-5-14-40(58)49-17-8-21-63-24-26-65-25-23-62-20-7-16-48-39(57)13-4-12-38-43-37(32-68-38)53-46(61)54-43/h2-3,9-10,29-30,35,37-38,43H,1,4-8,11-28,31-32H2,(H,48,57)(H,49,58)(H,50,59)(H,51,52,55)(H2,53,54,61)/t35-,37-,38?,43-/m0/s1. The number of hydrogen-bond acceptors (Lipinski definition) is 15. The Labute approximate surface area is 401 Å². The summed E-state index contributed by atoms with van der Waals surface area (Å²) in [5, 5.41) is 17.9. The zero-order chi connectivity index (χ0) is 48.2. The van der Waals surface area contributed by atoms with Gasteiger partial charge in [0.25, 0.3) is 5.88 Å². The lowest BCUT2D eigenvalue weighted by molar-refractivity contribution is -0.128. The maximum absolute atomic E-state index is 14.5. The first-order valence-electron chi connectivity index (χ1n) is 23.6. The monoisotopic (exact) mass is 973 g/mol. The molecule has 68 heavy (non-hydrogen) atoms. The molecule has 6 amide bonds. The number of anilines is 2. The lowest BCUT2D eigenvalue weighted by atomic mass is 10.0. The summed E-state index contributed by atoms with van der Waals surface area (Å²) in [7, 11) is 0. The van der Waals surface area contributed by atoms with Crippen molar-refractivity contribution >= 4 is 53.1 Å². The van der Waals surface area contributed by atoms with Crippen LogP contribution in [0.25, 0.3) is 0 Å². The maximum Gasteiger partial charge on any atom is 0.315 e. The summed E-state index contributed by atoms with van der Waals surface area (Å²) < 4.78 is 48.4. The Morgan fingerprint density at radius 3 is 2.22 bits per heavy atom. The van der Waals surface area contributed by atoms with Crippen molar-refractivity contribution in [1.29, 1.82) is 0 Å². The molecule has 4 heterocycles. The van der Waals surface area contributed by atoms with E-state index in [9.17, 15) is 28.4 Å². The third kappa shape index (κ3) is 20.5. The second-order valence-electron chi connectivity index (χ2n) is 16.3. The maximum atomic E-state index is 14.5.